The van der Waals surface area contributed by atoms with E-state index in [0.29, 0.717) is 6.07 Å². The number of halogens is 4. The Morgan fingerprint density at radius 1 is 1.16 bits per heavy atom. The van der Waals surface area contributed by atoms with Crippen LogP contribution in [0.25, 0.3) is 0 Å². The van der Waals surface area contributed by atoms with E-state index in [9.17, 15) is 35.6 Å². The van der Waals surface area contributed by atoms with E-state index in [-0.39, 0.29) is 5.57 Å². The second-order valence-electron chi connectivity index (χ2n) is 5.29. The molecule has 0 fully saturated rings. The van der Waals surface area contributed by atoms with E-state index >= 15 is 0 Å². The number of ether oxygens (including phenoxy) is 3. The Labute approximate surface area is 171 Å². The van der Waals surface area contributed by atoms with Crippen LogP contribution in [0.5, 0.6) is 11.8 Å². The summed E-state index contributed by atoms with van der Waals surface area (Å²) in [5.41, 5.74) is -0.167. The van der Waals surface area contributed by atoms with Crippen molar-refractivity contribution in [3.8, 4) is 11.8 Å². The quantitative estimate of drug-likeness (QED) is 0.426. The molecule has 31 heavy (non-hydrogen) atoms. The lowest BCUT2D eigenvalue weighted by Gasteiger charge is -2.20. The number of amides is 2. The van der Waals surface area contributed by atoms with E-state index in [0.717, 1.165) is 13.2 Å². The summed E-state index contributed by atoms with van der Waals surface area (Å²) in [7, 11) is -3.49. The summed E-state index contributed by atoms with van der Waals surface area (Å²) in [5.74, 6) is -1.29. The number of nitrogens with one attached hydrogen (secondary N) is 2. The van der Waals surface area contributed by atoms with Crippen LogP contribution >= 0.6 is 0 Å². The van der Waals surface area contributed by atoms with Gasteiger partial charge in [-0.2, -0.15) is 27.5 Å². The van der Waals surface area contributed by atoms with Gasteiger partial charge in [-0.05, 0) is 12.2 Å². The molecular weight excluding hydrogens is 456 g/mol. The largest absolute Gasteiger partial charge is 0.417 e. The summed E-state index contributed by atoms with van der Waals surface area (Å²) in [5, 5.41) is 1.75. The maximum Gasteiger partial charge on any atom is 0.388 e. The topological polar surface area (TPSA) is 146 Å². The van der Waals surface area contributed by atoms with E-state index < -0.39 is 58.0 Å². The van der Waals surface area contributed by atoms with Gasteiger partial charge in [-0.15, -0.1) is 0 Å². The minimum atomic E-state index is -4.60. The second-order valence-corrected chi connectivity index (χ2v) is 6.97. The van der Waals surface area contributed by atoms with E-state index in [4.69, 9.17) is 4.74 Å². The molecule has 1 unspecified atom stereocenters. The lowest BCUT2D eigenvalue weighted by Crippen LogP contribution is -2.39. The van der Waals surface area contributed by atoms with Crippen molar-refractivity contribution in [3.63, 3.8) is 0 Å². The maximum atomic E-state index is 12.5. The van der Waals surface area contributed by atoms with E-state index in [1.807, 2.05) is 0 Å². The number of anilines is 1. The minimum Gasteiger partial charge on any atom is -0.417 e. The molecule has 0 radical (unpaired) electrons. The molecule has 1 aliphatic rings. The monoisotopic (exact) mass is 468 g/mol. The number of alkyl halides is 4. The first-order valence-electron chi connectivity index (χ1n) is 7.84. The molecule has 0 saturated carbocycles. The lowest BCUT2D eigenvalue weighted by atomic mass is 10.1. The zero-order chi connectivity index (χ0) is 23.2. The highest BCUT2D eigenvalue weighted by Crippen LogP contribution is 2.24. The molecule has 0 aliphatic heterocycles. The number of allylic oxidation sites excluding steroid dienone is 2. The Morgan fingerprint density at radius 3 is 2.23 bits per heavy atom. The fourth-order valence-electron chi connectivity index (χ4n) is 2.21. The fraction of sp³-hybridized carbons (Fsp3) is 0.267. The number of carbonyl (C=O) groups is 1. The number of urea groups is 1. The Kier molecular flexibility index (Phi) is 7.68. The standard InChI is InChI=1S/C15H12F4N4O7S/c1-28-11-7(6-24)3-2-4-8(11)31(26,27)23-15(25)22-14-20-9(29-12(16)17)5-10(21-14)30-13(18)19/h2-5,11-13H,1H3,(H2,20,21,22,23,25). The predicted octanol–water partition coefficient (Wildman–Crippen LogP) is 1.36. The maximum absolute atomic E-state index is 12.5. The smallest absolute Gasteiger partial charge is 0.388 e. The highest BCUT2D eigenvalue weighted by molar-refractivity contribution is 7.94. The van der Waals surface area contributed by atoms with Crippen molar-refractivity contribution in [2.24, 2.45) is 0 Å². The Bertz CT molecular complexity index is 1030. The molecule has 1 heterocycles. The molecule has 1 aromatic heterocycles. The van der Waals surface area contributed by atoms with Crippen LogP contribution in [-0.4, -0.2) is 56.8 Å². The van der Waals surface area contributed by atoms with Gasteiger partial charge < -0.3 is 14.2 Å². The molecule has 1 aromatic rings. The molecule has 0 bridgehead atoms. The van der Waals surface area contributed by atoms with Crippen LogP contribution in [0.2, 0.25) is 0 Å². The summed E-state index contributed by atoms with van der Waals surface area (Å²) in [6.07, 6.45) is 2.13. The van der Waals surface area contributed by atoms with Gasteiger partial charge >= 0.3 is 19.3 Å². The van der Waals surface area contributed by atoms with Crippen LogP contribution < -0.4 is 19.5 Å². The highest BCUT2D eigenvalue weighted by atomic mass is 32.2. The Morgan fingerprint density at radius 2 is 1.74 bits per heavy atom. The zero-order valence-electron chi connectivity index (χ0n) is 15.2. The van der Waals surface area contributed by atoms with Gasteiger partial charge in [-0.1, -0.05) is 6.08 Å². The van der Waals surface area contributed by atoms with Gasteiger partial charge in [0.1, 0.15) is 12.0 Å². The third-order valence-corrected chi connectivity index (χ3v) is 4.72. The molecule has 168 valence electrons. The molecule has 0 spiro atoms. The minimum absolute atomic E-state index is 0.167. The number of carbonyl (C=O) groups excluding carboxylic acids is 2. The fourth-order valence-corrected chi connectivity index (χ4v) is 3.38. The Hall–Kier alpha value is -3.49. The molecule has 2 N–H and O–H groups in total. The number of aromatic nitrogens is 2. The summed E-state index contributed by atoms with van der Waals surface area (Å²) in [4.78, 5) is 29.1. The molecular formula is C15H12F4N4O7S. The summed E-state index contributed by atoms with van der Waals surface area (Å²) in [6, 6.07) is -1.01. The van der Waals surface area contributed by atoms with Crippen LogP contribution in [0.1, 0.15) is 0 Å². The number of methoxy groups -OCH3 is 1. The van der Waals surface area contributed by atoms with Crippen LogP contribution in [0, 0.1) is 0 Å². The van der Waals surface area contributed by atoms with Crippen molar-refractivity contribution in [2.45, 2.75) is 19.3 Å². The average Bonchev–Trinajstić information content (AvgIpc) is 2.65. The normalized spacial score (nSPS) is 16.0. The second kappa shape index (κ2) is 10.0. The summed E-state index contributed by atoms with van der Waals surface area (Å²) >= 11 is 0. The van der Waals surface area contributed by atoms with Crippen LogP contribution in [0.15, 0.2) is 34.8 Å². The van der Waals surface area contributed by atoms with Gasteiger partial charge in [0.15, 0.2) is 0 Å². The first kappa shape index (κ1) is 23.8. The van der Waals surface area contributed by atoms with E-state index in [1.165, 1.54) is 18.1 Å². The molecule has 1 aliphatic carbocycles. The average molecular weight is 468 g/mol. The van der Waals surface area contributed by atoms with Crippen LogP contribution in [-0.2, 0) is 19.6 Å². The lowest BCUT2D eigenvalue weighted by molar-refractivity contribution is -0.0579. The number of rotatable bonds is 8. The molecule has 0 aromatic carbocycles. The van der Waals surface area contributed by atoms with Crippen LogP contribution in [0.4, 0.5) is 28.3 Å². The third-order valence-electron chi connectivity index (χ3n) is 3.29. The highest BCUT2D eigenvalue weighted by Gasteiger charge is 2.32. The summed E-state index contributed by atoms with van der Waals surface area (Å²) < 4.78 is 88.7. The van der Waals surface area contributed by atoms with Crippen molar-refractivity contribution in [1.82, 2.24) is 14.7 Å². The molecule has 0 saturated heterocycles. The van der Waals surface area contributed by atoms with Crippen LogP contribution in [0.3, 0.4) is 0 Å². The molecule has 1 atom stereocenters. The number of hydrogen-bond acceptors (Lipinski definition) is 9. The zero-order valence-corrected chi connectivity index (χ0v) is 16.0. The third kappa shape index (κ3) is 6.50. The molecule has 2 rings (SSSR count). The Balaban J connectivity index is 2.23. The molecule has 11 nitrogen and oxygen atoms in total. The molecule has 16 heteroatoms. The van der Waals surface area contributed by atoms with Crippen molar-refractivity contribution < 1.29 is 49.8 Å². The van der Waals surface area contributed by atoms with E-state index in [1.54, 1.807) is 10.0 Å². The van der Waals surface area contributed by atoms with Gasteiger partial charge in [-0.25, -0.2) is 22.7 Å². The van der Waals surface area contributed by atoms with Gasteiger partial charge in [0.25, 0.3) is 10.0 Å². The van der Waals surface area contributed by atoms with Crippen molar-refractivity contribution in [2.75, 3.05) is 12.4 Å². The van der Waals surface area contributed by atoms with Crippen molar-refractivity contribution >= 4 is 27.9 Å². The first-order chi connectivity index (χ1) is 14.6. The van der Waals surface area contributed by atoms with Gasteiger partial charge in [0.05, 0.1) is 16.5 Å². The number of hydrogen-bond donors (Lipinski definition) is 2. The van der Waals surface area contributed by atoms with Crippen molar-refractivity contribution in [1.29, 1.82) is 0 Å². The van der Waals surface area contributed by atoms with E-state index in [2.05, 4.69) is 19.4 Å². The van der Waals surface area contributed by atoms with Gasteiger partial charge in [0.2, 0.25) is 17.7 Å². The van der Waals surface area contributed by atoms with Gasteiger partial charge in [-0.3, -0.25) is 5.32 Å². The van der Waals surface area contributed by atoms with Gasteiger partial charge in [0, 0.05) is 7.11 Å². The number of nitrogens with zero attached hydrogens (tertiary/aromatic N) is 2. The SMILES string of the molecule is COC1C(=C=O)C=CC=C1S(=O)(=O)NC(=O)Nc1nc(OC(F)F)cc(OC(F)F)n1. The summed E-state index contributed by atoms with van der Waals surface area (Å²) in [6.45, 7) is -6.79. The first-order valence-corrected chi connectivity index (χ1v) is 9.32. The predicted molar refractivity (Wildman–Crippen MR) is 93.6 cm³/mol. The van der Waals surface area contributed by atoms with Crippen molar-refractivity contribution in [3.05, 3.63) is 34.8 Å². The number of sulfonamides is 1. The molecule has 2 amide bonds.